The van der Waals surface area contributed by atoms with Gasteiger partial charge < -0.3 is 18.9 Å². The molecule has 6 nitrogen and oxygen atoms in total. The summed E-state index contributed by atoms with van der Waals surface area (Å²) in [6, 6.07) is 9.93. The average molecular weight is 783 g/mol. The van der Waals surface area contributed by atoms with E-state index in [1.807, 2.05) is 14.2 Å². The Hall–Kier alpha value is -3.02. The molecule has 57 heavy (non-hydrogen) atoms. The van der Waals surface area contributed by atoms with Crippen LogP contribution in [0.15, 0.2) is 34.3 Å². The van der Waals surface area contributed by atoms with Crippen LogP contribution in [0.2, 0.25) is 0 Å². The average Bonchev–Trinajstić information content (AvgIpc) is 3.85. The Morgan fingerprint density at radius 1 is 0.491 bits per heavy atom. The summed E-state index contributed by atoms with van der Waals surface area (Å²) in [5.74, 6) is 4.72. The van der Waals surface area contributed by atoms with Crippen LogP contribution in [0.1, 0.15) is 181 Å². The first-order chi connectivity index (χ1) is 26.7. The van der Waals surface area contributed by atoms with Crippen molar-refractivity contribution < 1.29 is 18.9 Å². The first-order valence-corrected chi connectivity index (χ1v) is 22.5. The molecule has 6 heteroatoms. The van der Waals surface area contributed by atoms with Gasteiger partial charge in [-0.1, -0.05) is 146 Å². The number of ether oxygens (including phenoxy) is 4. The Balaban J connectivity index is 1.63. The molecule has 316 valence electrons. The normalized spacial score (nSPS) is 21.9. The van der Waals surface area contributed by atoms with Crippen molar-refractivity contribution in [3.63, 3.8) is 0 Å². The molecule has 0 radical (unpaired) electrons. The highest BCUT2D eigenvalue weighted by Crippen LogP contribution is 2.47. The van der Waals surface area contributed by atoms with Crippen molar-refractivity contribution in [3.05, 3.63) is 57.6 Å². The molecule has 2 aromatic carbocycles. The van der Waals surface area contributed by atoms with Crippen LogP contribution >= 0.6 is 0 Å². The Bertz CT molecular complexity index is 1580. The fourth-order valence-corrected chi connectivity index (χ4v) is 10.2. The van der Waals surface area contributed by atoms with E-state index in [4.69, 9.17) is 28.9 Å². The second-order valence-corrected chi connectivity index (χ2v) is 22.3. The van der Waals surface area contributed by atoms with Crippen LogP contribution in [0.5, 0.6) is 11.5 Å². The summed E-state index contributed by atoms with van der Waals surface area (Å²) in [6.45, 7) is 28.8. The predicted molar refractivity (Wildman–Crippen MR) is 238 cm³/mol. The Morgan fingerprint density at radius 3 is 1.05 bits per heavy atom. The first-order valence-electron chi connectivity index (χ1n) is 22.5. The van der Waals surface area contributed by atoms with Crippen molar-refractivity contribution in [1.82, 2.24) is 0 Å². The molecule has 0 bridgehead atoms. The lowest BCUT2D eigenvalue weighted by molar-refractivity contribution is 0.212. The van der Waals surface area contributed by atoms with E-state index in [0.717, 1.165) is 23.3 Å². The SMILES string of the molecule is COc1c(C(C)(C)C)cc(CC(Cc2cc(C(C)(C)C)c(OC)c(C(C)(C)C)c2)(C2=N[C@@H](C3CCCCC3)CO2)C2=N[C@@H](C3CCCCC3)CO2)cc1C(C)(C)C. The monoisotopic (exact) mass is 783 g/mol. The van der Waals surface area contributed by atoms with Crippen molar-refractivity contribution in [2.45, 2.75) is 194 Å². The minimum atomic E-state index is -0.745. The van der Waals surface area contributed by atoms with E-state index < -0.39 is 5.41 Å². The highest BCUT2D eigenvalue weighted by atomic mass is 16.5. The standard InChI is InChI=1S/C51H78N2O4/c1-47(2,3)37-25-33(26-38(43(37)54-13)48(4,5)6)29-51(45-52-41(31-56-45)35-21-17-15-18-22-35,46-53-42(32-57-46)36-23-19-16-20-24-36)30-34-27-39(49(7,8)9)44(55-14)40(28-34)50(10,11)12/h25-28,35-36,41-42H,15-24,29-32H2,1-14H3/t41-,42-/m1/s1. The van der Waals surface area contributed by atoms with E-state index in [0.29, 0.717) is 37.9 Å². The van der Waals surface area contributed by atoms with Crippen LogP contribution in [0.3, 0.4) is 0 Å². The summed E-state index contributed by atoms with van der Waals surface area (Å²) < 4.78 is 26.6. The summed E-state index contributed by atoms with van der Waals surface area (Å²) in [5.41, 5.74) is 6.09. The van der Waals surface area contributed by atoms with Gasteiger partial charge in [0, 0.05) is 22.3 Å². The number of hydrogen-bond donors (Lipinski definition) is 0. The van der Waals surface area contributed by atoms with E-state index >= 15 is 0 Å². The number of aliphatic imine (C=N–C) groups is 2. The molecule has 4 aliphatic rings. The summed E-state index contributed by atoms with van der Waals surface area (Å²) in [4.78, 5) is 11.4. The fraction of sp³-hybridized carbons (Fsp3) is 0.725. The van der Waals surface area contributed by atoms with Gasteiger partial charge in [0.2, 0.25) is 0 Å². The molecule has 2 saturated carbocycles. The van der Waals surface area contributed by atoms with Gasteiger partial charge in [-0.05, 0) is 83.1 Å². The molecule has 2 atom stereocenters. The molecule has 0 N–H and O–H groups in total. The Kier molecular flexibility index (Phi) is 12.7. The zero-order valence-corrected chi connectivity index (χ0v) is 38.5. The maximum atomic E-state index is 7.04. The van der Waals surface area contributed by atoms with Crippen molar-refractivity contribution in [1.29, 1.82) is 0 Å². The van der Waals surface area contributed by atoms with Gasteiger partial charge >= 0.3 is 0 Å². The quantitative estimate of drug-likeness (QED) is 0.241. The van der Waals surface area contributed by atoms with Crippen LogP contribution in [-0.2, 0) is 44.0 Å². The molecule has 0 unspecified atom stereocenters. The van der Waals surface area contributed by atoms with Gasteiger partial charge in [-0.15, -0.1) is 0 Å². The molecule has 0 saturated heterocycles. The molecule has 0 spiro atoms. The van der Waals surface area contributed by atoms with Crippen LogP contribution in [0.4, 0.5) is 0 Å². The lowest BCUT2D eigenvalue weighted by Gasteiger charge is -2.36. The zero-order chi connectivity index (χ0) is 41.6. The molecular formula is C51H78N2O4. The number of benzene rings is 2. The largest absolute Gasteiger partial charge is 0.496 e. The third-order valence-corrected chi connectivity index (χ3v) is 13.5. The van der Waals surface area contributed by atoms with Crippen molar-refractivity contribution >= 4 is 11.8 Å². The van der Waals surface area contributed by atoms with E-state index in [9.17, 15) is 0 Å². The minimum Gasteiger partial charge on any atom is -0.496 e. The van der Waals surface area contributed by atoms with E-state index in [-0.39, 0.29) is 33.7 Å². The molecule has 2 heterocycles. The molecule has 0 aromatic heterocycles. The van der Waals surface area contributed by atoms with Crippen LogP contribution in [0, 0.1) is 17.3 Å². The summed E-state index contributed by atoms with van der Waals surface area (Å²) >= 11 is 0. The van der Waals surface area contributed by atoms with Crippen molar-refractivity contribution in [2.24, 2.45) is 27.2 Å². The number of rotatable bonds is 10. The maximum Gasteiger partial charge on any atom is 0.200 e. The Labute approximate surface area is 347 Å². The molecule has 0 amide bonds. The van der Waals surface area contributed by atoms with Crippen molar-refractivity contribution in [3.8, 4) is 11.5 Å². The van der Waals surface area contributed by atoms with Gasteiger partial charge in [0.15, 0.2) is 11.8 Å². The van der Waals surface area contributed by atoms with Crippen LogP contribution in [0.25, 0.3) is 0 Å². The number of nitrogens with zero attached hydrogens (tertiary/aromatic N) is 2. The summed E-state index contributed by atoms with van der Waals surface area (Å²) in [7, 11) is 3.65. The van der Waals surface area contributed by atoms with Gasteiger partial charge in [0.05, 0.1) is 26.3 Å². The summed E-state index contributed by atoms with van der Waals surface area (Å²) in [5, 5.41) is 0. The molecule has 6 rings (SSSR count). The lowest BCUT2D eigenvalue weighted by Crippen LogP contribution is -2.44. The second kappa shape index (κ2) is 16.6. The summed E-state index contributed by atoms with van der Waals surface area (Å²) in [6.07, 6.45) is 14.0. The third kappa shape index (κ3) is 9.41. The van der Waals surface area contributed by atoms with Gasteiger partial charge in [-0.25, -0.2) is 9.98 Å². The maximum absolute atomic E-state index is 7.04. The zero-order valence-electron chi connectivity index (χ0n) is 38.5. The highest BCUT2D eigenvalue weighted by molar-refractivity contribution is 6.07. The Morgan fingerprint density at radius 2 is 0.789 bits per heavy atom. The minimum absolute atomic E-state index is 0.135. The predicted octanol–water partition coefficient (Wildman–Crippen LogP) is 12.4. The van der Waals surface area contributed by atoms with E-state index in [1.165, 1.54) is 97.6 Å². The van der Waals surface area contributed by atoms with Gasteiger partial charge in [0.1, 0.15) is 30.1 Å². The molecule has 2 aliphatic heterocycles. The smallest absolute Gasteiger partial charge is 0.200 e. The molecular weight excluding hydrogens is 705 g/mol. The van der Waals surface area contributed by atoms with Gasteiger partial charge in [-0.2, -0.15) is 0 Å². The van der Waals surface area contributed by atoms with E-state index in [1.54, 1.807) is 0 Å². The number of hydrogen-bond acceptors (Lipinski definition) is 6. The van der Waals surface area contributed by atoms with Crippen LogP contribution < -0.4 is 9.47 Å². The number of methoxy groups -OCH3 is 2. The van der Waals surface area contributed by atoms with Gasteiger partial charge in [0.25, 0.3) is 0 Å². The fourth-order valence-electron chi connectivity index (χ4n) is 10.2. The second-order valence-electron chi connectivity index (χ2n) is 22.3. The lowest BCUT2D eigenvalue weighted by atomic mass is 9.71. The first kappa shape index (κ1) is 43.6. The highest BCUT2D eigenvalue weighted by Gasteiger charge is 2.51. The molecule has 2 aliphatic carbocycles. The van der Waals surface area contributed by atoms with Crippen LogP contribution in [-0.4, -0.2) is 51.3 Å². The van der Waals surface area contributed by atoms with E-state index in [2.05, 4.69) is 107 Å². The topological polar surface area (TPSA) is 61.6 Å². The molecule has 2 fully saturated rings. The van der Waals surface area contributed by atoms with Gasteiger partial charge in [-0.3, -0.25) is 0 Å². The third-order valence-electron chi connectivity index (χ3n) is 13.5. The van der Waals surface area contributed by atoms with Crippen molar-refractivity contribution in [2.75, 3.05) is 27.4 Å². The molecule has 2 aromatic rings.